The minimum absolute atomic E-state index is 0.103. The number of para-hydroxylation sites is 1. The van der Waals surface area contributed by atoms with Crippen molar-refractivity contribution < 1.29 is 18.7 Å². The van der Waals surface area contributed by atoms with Gasteiger partial charge in [-0.05, 0) is 55.0 Å². The summed E-state index contributed by atoms with van der Waals surface area (Å²) in [5.41, 5.74) is 2.94. The molecular weight excluding hydrogens is 409 g/mol. The number of rotatable bonds is 6. The molecule has 0 fully saturated rings. The minimum Gasteiger partial charge on any atom is -0.497 e. The normalized spacial score (nSPS) is 10.6. The van der Waals surface area contributed by atoms with Crippen LogP contribution in [0.2, 0.25) is 0 Å². The molecule has 0 saturated carbocycles. The van der Waals surface area contributed by atoms with Crippen LogP contribution in [-0.4, -0.2) is 29.9 Å². The molecule has 0 aliphatic rings. The molecule has 1 aromatic heterocycles. The fourth-order valence-electron chi connectivity index (χ4n) is 3.38. The number of carbonyl (C=O) groups is 1. The van der Waals surface area contributed by atoms with Gasteiger partial charge in [-0.1, -0.05) is 24.3 Å². The van der Waals surface area contributed by atoms with Crippen molar-refractivity contribution in [3.8, 4) is 28.4 Å². The molecule has 0 unspecified atom stereocenters. The van der Waals surface area contributed by atoms with Gasteiger partial charge in [0.2, 0.25) is 0 Å². The highest BCUT2D eigenvalue weighted by Gasteiger charge is 2.23. The molecule has 4 rings (SSSR count). The number of amides is 1. The average molecular weight is 431 g/mol. The molecule has 0 saturated heterocycles. The van der Waals surface area contributed by atoms with Crippen LogP contribution in [0.3, 0.4) is 0 Å². The van der Waals surface area contributed by atoms with Gasteiger partial charge in [0.1, 0.15) is 23.0 Å². The highest BCUT2D eigenvalue weighted by atomic mass is 19.1. The van der Waals surface area contributed by atoms with Crippen LogP contribution in [0.25, 0.3) is 16.9 Å². The van der Waals surface area contributed by atoms with E-state index in [-0.39, 0.29) is 11.3 Å². The number of ether oxygens (including phenoxy) is 2. The quantitative estimate of drug-likeness (QED) is 0.453. The summed E-state index contributed by atoms with van der Waals surface area (Å²) in [7, 11) is 3.10. The molecule has 162 valence electrons. The van der Waals surface area contributed by atoms with Crippen molar-refractivity contribution in [3.63, 3.8) is 0 Å². The smallest absolute Gasteiger partial charge is 0.259 e. The van der Waals surface area contributed by atoms with E-state index in [2.05, 4.69) is 10.4 Å². The predicted molar refractivity (Wildman–Crippen MR) is 121 cm³/mol. The molecule has 7 heteroatoms. The summed E-state index contributed by atoms with van der Waals surface area (Å²) in [6.07, 6.45) is 1.62. The topological polar surface area (TPSA) is 65.4 Å². The van der Waals surface area contributed by atoms with Gasteiger partial charge in [0.25, 0.3) is 5.91 Å². The lowest BCUT2D eigenvalue weighted by Crippen LogP contribution is -2.13. The Hall–Kier alpha value is -4.13. The standard InChI is InChI=1S/C25H22FN3O3/c1-16-9-11-21(26)22(13-16)27-25(30)20-15-29(17-7-5-4-6-8-17)28-24(20)19-14-18(31-2)10-12-23(19)32-3/h4-15H,1-3H3,(H,27,30). The summed E-state index contributed by atoms with van der Waals surface area (Å²) < 4.78 is 26.7. The fourth-order valence-corrected chi connectivity index (χ4v) is 3.38. The third-order valence-corrected chi connectivity index (χ3v) is 5.01. The van der Waals surface area contributed by atoms with Crippen molar-refractivity contribution in [1.29, 1.82) is 0 Å². The van der Waals surface area contributed by atoms with E-state index >= 15 is 0 Å². The van der Waals surface area contributed by atoms with Crippen LogP contribution in [-0.2, 0) is 0 Å². The lowest BCUT2D eigenvalue weighted by Gasteiger charge is -2.11. The first-order valence-corrected chi connectivity index (χ1v) is 9.95. The van der Waals surface area contributed by atoms with Crippen LogP contribution < -0.4 is 14.8 Å². The molecule has 3 aromatic carbocycles. The van der Waals surface area contributed by atoms with Crippen molar-refractivity contribution in [3.05, 3.63) is 89.9 Å². The Morgan fingerprint density at radius 1 is 1.00 bits per heavy atom. The lowest BCUT2D eigenvalue weighted by atomic mass is 10.1. The molecular formula is C25H22FN3O3. The number of anilines is 1. The summed E-state index contributed by atoms with van der Waals surface area (Å²) in [6.45, 7) is 1.83. The monoisotopic (exact) mass is 431 g/mol. The molecule has 0 spiro atoms. The molecule has 6 nitrogen and oxygen atoms in total. The molecule has 0 atom stereocenters. The maximum atomic E-state index is 14.3. The molecule has 0 radical (unpaired) electrons. The molecule has 32 heavy (non-hydrogen) atoms. The van der Waals surface area contributed by atoms with E-state index in [1.165, 1.54) is 6.07 Å². The second-order valence-corrected chi connectivity index (χ2v) is 7.18. The van der Waals surface area contributed by atoms with Gasteiger partial charge in [-0.25, -0.2) is 9.07 Å². The van der Waals surface area contributed by atoms with Crippen molar-refractivity contribution in [2.45, 2.75) is 6.92 Å². The van der Waals surface area contributed by atoms with Gasteiger partial charge in [0.15, 0.2) is 0 Å². The van der Waals surface area contributed by atoms with Gasteiger partial charge in [-0.2, -0.15) is 5.10 Å². The van der Waals surface area contributed by atoms with Crippen molar-refractivity contribution in [2.24, 2.45) is 0 Å². The maximum absolute atomic E-state index is 14.3. The minimum atomic E-state index is -0.514. The van der Waals surface area contributed by atoms with Crippen LogP contribution >= 0.6 is 0 Å². The van der Waals surface area contributed by atoms with E-state index in [1.807, 2.05) is 37.3 Å². The highest BCUT2D eigenvalue weighted by Crippen LogP contribution is 2.35. The average Bonchev–Trinajstić information content (AvgIpc) is 3.27. The molecule has 0 aliphatic carbocycles. The number of nitrogens with zero attached hydrogens (tertiary/aromatic N) is 2. The van der Waals surface area contributed by atoms with Gasteiger partial charge >= 0.3 is 0 Å². The first kappa shape index (κ1) is 21.1. The SMILES string of the molecule is COc1ccc(OC)c(-c2nn(-c3ccccc3)cc2C(=O)Nc2cc(C)ccc2F)c1. The first-order chi connectivity index (χ1) is 15.5. The Labute approximate surface area is 185 Å². The molecule has 1 amide bonds. The van der Waals surface area contributed by atoms with Crippen molar-refractivity contribution in [1.82, 2.24) is 9.78 Å². The van der Waals surface area contributed by atoms with Crippen LogP contribution in [0.1, 0.15) is 15.9 Å². The van der Waals surface area contributed by atoms with Crippen LogP contribution in [0.4, 0.5) is 10.1 Å². The Bertz CT molecular complexity index is 1270. The third-order valence-electron chi connectivity index (χ3n) is 5.01. The lowest BCUT2D eigenvalue weighted by molar-refractivity contribution is 0.102. The Kier molecular flexibility index (Phi) is 5.89. The summed E-state index contributed by atoms with van der Waals surface area (Å²) >= 11 is 0. The zero-order valence-electron chi connectivity index (χ0n) is 17.9. The predicted octanol–water partition coefficient (Wildman–Crippen LogP) is 5.26. The van der Waals surface area contributed by atoms with Gasteiger partial charge in [-0.15, -0.1) is 0 Å². The Balaban J connectivity index is 1.85. The summed E-state index contributed by atoms with van der Waals surface area (Å²) in [6, 6.07) is 19.2. The van der Waals surface area contributed by atoms with E-state index in [0.29, 0.717) is 22.8 Å². The van der Waals surface area contributed by atoms with Gasteiger partial charge in [0.05, 0.1) is 31.2 Å². The number of aromatic nitrogens is 2. The van der Waals surface area contributed by atoms with Crippen molar-refractivity contribution in [2.75, 3.05) is 19.5 Å². The highest BCUT2D eigenvalue weighted by molar-refractivity contribution is 6.08. The molecule has 1 heterocycles. The summed E-state index contributed by atoms with van der Waals surface area (Å²) in [5.74, 6) is 0.113. The number of hydrogen-bond acceptors (Lipinski definition) is 4. The van der Waals surface area contributed by atoms with Crippen LogP contribution in [0.15, 0.2) is 72.9 Å². The number of benzene rings is 3. The van der Waals surface area contributed by atoms with E-state index in [4.69, 9.17) is 9.47 Å². The second-order valence-electron chi connectivity index (χ2n) is 7.18. The van der Waals surface area contributed by atoms with Gasteiger partial charge in [0, 0.05) is 11.8 Å². The second kappa shape index (κ2) is 8.93. The van der Waals surface area contributed by atoms with E-state index in [1.54, 1.807) is 55.4 Å². The summed E-state index contributed by atoms with van der Waals surface area (Å²) in [5, 5.41) is 7.33. The Morgan fingerprint density at radius 3 is 2.50 bits per heavy atom. The van der Waals surface area contributed by atoms with E-state index < -0.39 is 11.7 Å². The zero-order valence-corrected chi connectivity index (χ0v) is 17.9. The van der Waals surface area contributed by atoms with Gasteiger partial charge in [-0.3, -0.25) is 4.79 Å². The third kappa shape index (κ3) is 4.18. The molecule has 4 aromatic rings. The van der Waals surface area contributed by atoms with E-state index in [0.717, 1.165) is 11.3 Å². The number of methoxy groups -OCH3 is 2. The molecule has 1 N–H and O–H groups in total. The van der Waals surface area contributed by atoms with Crippen molar-refractivity contribution >= 4 is 11.6 Å². The number of nitrogens with one attached hydrogen (secondary N) is 1. The Morgan fingerprint density at radius 2 is 1.78 bits per heavy atom. The number of aryl methyl sites for hydroxylation is 1. The first-order valence-electron chi connectivity index (χ1n) is 9.95. The maximum Gasteiger partial charge on any atom is 0.259 e. The van der Waals surface area contributed by atoms with E-state index in [9.17, 15) is 9.18 Å². The number of hydrogen-bond donors (Lipinski definition) is 1. The molecule has 0 bridgehead atoms. The van der Waals surface area contributed by atoms with Gasteiger partial charge < -0.3 is 14.8 Å². The zero-order chi connectivity index (χ0) is 22.7. The molecule has 0 aliphatic heterocycles. The van der Waals surface area contributed by atoms with Crippen LogP contribution in [0.5, 0.6) is 11.5 Å². The number of carbonyl (C=O) groups excluding carboxylic acids is 1. The fraction of sp³-hybridized carbons (Fsp3) is 0.120. The summed E-state index contributed by atoms with van der Waals surface area (Å²) in [4.78, 5) is 13.3. The largest absolute Gasteiger partial charge is 0.497 e. The number of halogens is 1. The van der Waals surface area contributed by atoms with Crippen LogP contribution in [0, 0.1) is 12.7 Å².